The maximum atomic E-state index is 11.3. The van der Waals surface area contributed by atoms with Crippen molar-refractivity contribution in [3.05, 3.63) is 89.7 Å². The van der Waals surface area contributed by atoms with Crippen LogP contribution in [0.15, 0.2) is 73.1 Å². The van der Waals surface area contributed by atoms with Crippen molar-refractivity contribution in [3.8, 4) is 11.1 Å². The first kappa shape index (κ1) is 16.1. The summed E-state index contributed by atoms with van der Waals surface area (Å²) >= 11 is 0. The molecule has 0 aliphatic heterocycles. The number of imidazole rings is 1. The monoisotopic (exact) mass is 342 g/mol. The number of benzene rings is 3. The second kappa shape index (κ2) is 6.48. The highest BCUT2D eigenvalue weighted by molar-refractivity contribution is 5.93. The van der Waals surface area contributed by atoms with E-state index in [1.807, 2.05) is 29.7 Å². The van der Waals surface area contributed by atoms with Crippen molar-refractivity contribution in [2.24, 2.45) is 0 Å². The van der Waals surface area contributed by atoms with E-state index in [0.29, 0.717) is 6.54 Å². The number of carboxylic acids is 1. The summed E-state index contributed by atoms with van der Waals surface area (Å²) in [6, 6.07) is 22.0. The van der Waals surface area contributed by atoms with Gasteiger partial charge in [0.2, 0.25) is 0 Å². The van der Waals surface area contributed by atoms with Gasteiger partial charge in [-0.25, -0.2) is 9.78 Å². The van der Waals surface area contributed by atoms with Gasteiger partial charge in [-0.2, -0.15) is 0 Å². The Labute approximate surface area is 151 Å². The molecule has 0 radical (unpaired) electrons. The molecule has 0 unspecified atom stereocenters. The maximum Gasteiger partial charge on any atom is 0.335 e. The summed E-state index contributed by atoms with van der Waals surface area (Å²) in [5.74, 6) is -0.921. The molecule has 4 heteroatoms. The van der Waals surface area contributed by atoms with E-state index in [1.165, 1.54) is 11.1 Å². The Morgan fingerprint density at radius 3 is 2.38 bits per heavy atom. The van der Waals surface area contributed by atoms with Crippen molar-refractivity contribution < 1.29 is 9.90 Å². The van der Waals surface area contributed by atoms with Gasteiger partial charge >= 0.3 is 5.97 Å². The smallest absolute Gasteiger partial charge is 0.335 e. The summed E-state index contributed by atoms with van der Waals surface area (Å²) in [5.41, 5.74) is 6.35. The fourth-order valence-electron chi connectivity index (χ4n) is 3.22. The SMILES string of the molecule is Cc1cc(C(=O)O)cc2c1ncn2Cc1ccc(-c2ccccc2)cc1. The lowest BCUT2D eigenvalue weighted by molar-refractivity contribution is 0.0697. The fraction of sp³-hybridized carbons (Fsp3) is 0.0909. The number of aryl methyl sites for hydroxylation is 1. The van der Waals surface area contributed by atoms with Crippen LogP contribution < -0.4 is 0 Å². The van der Waals surface area contributed by atoms with Gasteiger partial charge in [0.25, 0.3) is 0 Å². The molecule has 128 valence electrons. The second-order valence-electron chi connectivity index (χ2n) is 6.40. The van der Waals surface area contributed by atoms with E-state index in [2.05, 4.69) is 41.4 Å². The Morgan fingerprint density at radius 2 is 1.69 bits per heavy atom. The highest BCUT2D eigenvalue weighted by Gasteiger charge is 2.11. The van der Waals surface area contributed by atoms with E-state index in [-0.39, 0.29) is 5.56 Å². The topological polar surface area (TPSA) is 55.1 Å². The first-order chi connectivity index (χ1) is 12.6. The van der Waals surface area contributed by atoms with E-state index >= 15 is 0 Å². The molecule has 0 spiro atoms. The van der Waals surface area contributed by atoms with Crippen LogP contribution in [-0.2, 0) is 6.54 Å². The van der Waals surface area contributed by atoms with Gasteiger partial charge < -0.3 is 9.67 Å². The zero-order chi connectivity index (χ0) is 18.1. The summed E-state index contributed by atoms with van der Waals surface area (Å²) in [7, 11) is 0. The standard InChI is InChI=1S/C22H18N2O2/c1-15-11-19(22(25)26)12-20-21(15)23-14-24(20)13-16-7-9-18(10-8-16)17-5-3-2-4-6-17/h2-12,14H,13H2,1H3,(H,25,26). The number of aromatic carboxylic acids is 1. The number of hydrogen-bond donors (Lipinski definition) is 1. The molecular weight excluding hydrogens is 324 g/mol. The van der Waals surface area contributed by atoms with Crippen LogP contribution in [0, 0.1) is 6.92 Å². The Bertz CT molecular complexity index is 1080. The van der Waals surface area contributed by atoms with Crippen LogP contribution in [0.25, 0.3) is 22.2 Å². The molecule has 26 heavy (non-hydrogen) atoms. The molecule has 1 heterocycles. The number of aromatic nitrogens is 2. The van der Waals surface area contributed by atoms with Gasteiger partial charge in [-0.15, -0.1) is 0 Å². The molecule has 0 atom stereocenters. The quantitative estimate of drug-likeness (QED) is 0.582. The Hall–Kier alpha value is -3.40. The first-order valence-corrected chi connectivity index (χ1v) is 8.45. The first-order valence-electron chi connectivity index (χ1n) is 8.45. The van der Waals surface area contributed by atoms with E-state index in [1.54, 1.807) is 18.5 Å². The average Bonchev–Trinajstić information content (AvgIpc) is 3.06. The summed E-state index contributed by atoms with van der Waals surface area (Å²) < 4.78 is 1.99. The lowest BCUT2D eigenvalue weighted by atomic mass is 10.0. The van der Waals surface area contributed by atoms with Crippen LogP contribution in [0.3, 0.4) is 0 Å². The molecule has 0 saturated carbocycles. The highest BCUT2D eigenvalue weighted by Crippen LogP contribution is 2.23. The number of fused-ring (bicyclic) bond motifs is 1. The molecular formula is C22H18N2O2. The number of carboxylic acid groups (broad SMARTS) is 1. The normalized spacial score (nSPS) is 11.0. The van der Waals surface area contributed by atoms with E-state index in [4.69, 9.17) is 0 Å². The van der Waals surface area contributed by atoms with Gasteiger partial charge in [-0.3, -0.25) is 0 Å². The molecule has 4 rings (SSSR count). The van der Waals surface area contributed by atoms with Crippen molar-refractivity contribution in [1.29, 1.82) is 0 Å². The minimum Gasteiger partial charge on any atom is -0.478 e. The van der Waals surface area contributed by atoms with Crippen molar-refractivity contribution in [2.45, 2.75) is 13.5 Å². The highest BCUT2D eigenvalue weighted by atomic mass is 16.4. The minimum atomic E-state index is -0.921. The summed E-state index contributed by atoms with van der Waals surface area (Å²) in [4.78, 5) is 15.8. The predicted molar refractivity (Wildman–Crippen MR) is 102 cm³/mol. The lowest BCUT2D eigenvalue weighted by Gasteiger charge is -2.08. The average molecular weight is 342 g/mol. The zero-order valence-corrected chi connectivity index (χ0v) is 14.4. The summed E-state index contributed by atoms with van der Waals surface area (Å²) in [6.07, 6.45) is 1.77. The van der Waals surface area contributed by atoms with Gasteiger partial charge in [0.15, 0.2) is 0 Å². The van der Waals surface area contributed by atoms with Gasteiger partial charge in [-0.1, -0.05) is 54.6 Å². The molecule has 0 saturated heterocycles. The number of carbonyl (C=O) groups is 1. The van der Waals surface area contributed by atoms with Crippen molar-refractivity contribution >= 4 is 17.0 Å². The Kier molecular flexibility index (Phi) is 4.01. The van der Waals surface area contributed by atoms with Crippen LogP contribution >= 0.6 is 0 Å². The molecule has 0 aliphatic rings. The molecule has 0 fully saturated rings. The van der Waals surface area contributed by atoms with Gasteiger partial charge in [-0.05, 0) is 41.3 Å². The molecule has 1 N–H and O–H groups in total. The van der Waals surface area contributed by atoms with Crippen LogP contribution in [0.1, 0.15) is 21.5 Å². The molecule has 0 aliphatic carbocycles. The summed E-state index contributed by atoms with van der Waals surface area (Å²) in [6.45, 7) is 2.54. The summed E-state index contributed by atoms with van der Waals surface area (Å²) in [5, 5.41) is 9.30. The third kappa shape index (κ3) is 2.97. The van der Waals surface area contributed by atoms with Crippen LogP contribution in [0.5, 0.6) is 0 Å². The fourth-order valence-corrected chi connectivity index (χ4v) is 3.22. The number of hydrogen-bond acceptors (Lipinski definition) is 2. The maximum absolute atomic E-state index is 11.3. The van der Waals surface area contributed by atoms with Crippen LogP contribution in [0.2, 0.25) is 0 Å². The zero-order valence-electron chi connectivity index (χ0n) is 14.4. The van der Waals surface area contributed by atoms with Crippen molar-refractivity contribution in [1.82, 2.24) is 9.55 Å². The van der Waals surface area contributed by atoms with Gasteiger partial charge in [0.1, 0.15) is 0 Å². The van der Waals surface area contributed by atoms with Crippen LogP contribution in [0.4, 0.5) is 0 Å². The predicted octanol–water partition coefficient (Wildman–Crippen LogP) is 4.76. The molecule has 4 aromatic rings. The van der Waals surface area contributed by atoms with E-state index in [0.717, 1.165) is 22.2 Å². The lowest BCUT2D eigenvalue weighted by Crippen LogP contribution is -2.01. The van der Waals surface area contributed by atoms with Crippen LogP contribution in [-0.4, -0.2) is 20.6 Å². The molecule has 4 nitrogen and oxygen atoms in total. The van der Waals surface area contributed by atoms with Crippen molar-refractivity contribution in [3.63, 3.8) is 0 Å². The largest absolute Gasteiger partial charge is 0.478 e. The minimum absolute atomic E-state index is 0.288. The van der Waals surface area contributed by atoms with E-state index in [9.17, 15) is 9.90 Å². The Balaban J connectivity index is 1.66. The molecule has 3 aromatic carbocycles. The third-order valence-electron chi connectivity index (χ3n) is 4.58. The van der Waals surface area contributed by atoms with Gasteiger partial charge in [0, 0.05) is 6.54 Å². The molecule has 0 amide bonds. The molecule has 0 bridgehead atoms. The molecule has 1 aromatic heterocycles. The second-order valence-corrected chi connectivity index (χ2v) is 6.40. The third-order valence-corrected chi connectivity index (χ3v) is 4.58. The number of rotatable bonds is 4. The number of nitrogens with zero attached hydrogens (tertiary/aromatic N) is 2. The van der Waals surface area contributed by atoms with Crippen molar-refractivity contribution in [2.75, 3.05) is 0 Å². The van der Waals surface area contributed by atoms with Gasteiger partial charge in [0.05, 0.1) is 22.9 Å². The Morgan fingerprint density at radius 1 is 1.00 bits per heavy atom. The van der Waals surface area contributed by atoms with E-state index < -0.39 is 5.97 Å².